The average molecular weight is 413 g/mol. The van der Waals surface area contributed by atoms with Gasteiger partial charge in [0.25, 0.3) is 5.56 Å². The zero-order valence-corrected chi connectivity index (χ0v) is 16.2. The number of fused-ring (bicyclic) bond motifs is 1. The number of hydrogen-bond acceptors (Lipinski definition) is 5. The Bertz CT molecular complexity index is 1400. The molecule has 144 valence electrons. The van der Waals surface area contributed by atoms with Crippen LogP contribution in [0.15, 0.2) is 71.9 Å². The zero-order chi connectivity index (χ0) is 21.1. The van der Waals surface area contributed by atoms with E-state index in [0.717, 1.165) is 0 Å². The van der Waals surface area contributed by atoms with Crippen molar-refractivity contribution in [3.8, 4) is 17.2 Å². The second kappa shape index (κ2) is 8.11. The van der Waals surface area contributed by atoms with Crippen LogP contribution in [0.1, 0.15) is 21.6 Å². The zero-order valence-electron chi connectivity index (χ0n) is 15.5. The summed E-state index contributed by atoms with van der Waals surface area (Å²) in [6.45, 7) is 0. The van der Waals surface area contributed by atoms with Crippen LogP contribution < -0.4 is 5.56 Å². The molecule has 0 radical (unpaired) electrons. The summed E-state index contributed by atoms with van der Waals surface area (Å²) in [5, 5.41) is 10.3. The number of benzene rings is 1. The third-order valence-electron chi connectivity index (χ3n) is 4.47. The highest BCUT2D eigenvalue weighted by atomic mass is 35.5. The highest BCUT2D eigenvalue weighted by Crippen LogP contribution is 2.31. The van der Waals surface area contributed by atoms with Gasteiger partial charge in [-0.15, -0.1) is 0 Å². The topological polar surface area (TPSA) is 99.5 Å². The fraction of sp³-hybridized carbons (Fsp3) is 0. The van der Waals surface area contributed by atoms with Crippen molar-refractivity contribution in [2.75, 3.05) is 0 Å². The summed E-state index contributed by atoms with van der Waals surface area (Å²) in [7, 11) is 0. The maximum absolute atomic E-state index is 13.1. The van der Waals surface area contributed by atoms with Crippen molar-refractivity contribution in [2.45, 2.75) is 0 Å². The molecule has 3 heterocycles. The largest absolute Gasteiger partial charge is 0.321 e. The number of carbonyl (C=O) groups is 1. The molecule has 3 aromatic heterocycles. The van der Waals surface area contributed by atoms with Crippen LogP contribution in [-0.4, -0.2) is 20.7 Å². The second-order valence-electron chi connectivity index (χ2n) is 6.42. The summed E-state index contributed by atoms with van der Waals surface area (Å²) in [6, 6.07) is 13.9. The molecule has 30 heavy (non-hydrogen) atoms. The van der Waals surface area contributed by atoms with Gasteiger partial charge in [-0.2, -0.15) is 5.26 Å². The first kappa shape index (κ1) is 19.2. The molecule has 0 fully saturated rings. The van der Waals surface area contributed by atoms with Crippen molar-refractivity contribution in [1.29, 1.82) is 5.26 Å². The number of ketones is 1. The lowest BCUT2D eigenvalue weighted by atomic mass is 9.94. The van der Waals surface area contributed by atoms with Gasteiger partial charge in [0, 0.05) is 45.6 Å². The van der Waals surface area contributed by atoms with E-state index in [9.17, 15) is 14.9 Å². The van der Waals surface area contributed by atoms with Gasteiger partial charge in [-0.25, -0.2) is 0 Å². The van der Waals surface area contributed by atoms with Gasteiger partial charge in [-0.05, 0) is 48.6 Å². The van der Waals surface area contributed by atoms with E-state index in [0.29, 0.717) is 38.3 Å². The number of carbonyl (C=O) groups excluding carboxylic acids is 1. The number of aromatic nitrogens is 3. The number of hydrogen-bond donors (Lipinski definition) is 1. The number of H-pyrrole nitrogens is 1. The first-order chi connectivity index (χ1) is 14.6. The highest BCUT2D eigenvalue weighted by molar-refractivity contribution is 6.31. The number of pyridine rings is 3. The highest BCUT2D eigenvalue weighted by Gasteiger charge is 2.20. The normalized spacial score (nSPS) is 10.9. The molecule has 0 spiro atoms. The molecule has 4 rings (SSSR count). The van der Waals surface area contributed by atoms with Gasteiger partial charge in [0.15, 0.2) is 5.78 Å². The summed E-state index contributed by atoms with van der Waals surface area (Å²) in [6.07, 6.45) is 7.37. The molecule has 1 N–H and O–H groups in total. The Labute approximate surface area is 176 Å². The number of nitrogens with one attached hydrogen (secondary N) is 1. The Morgan fingerprint density at radius 3 is 2.80 bits per heavy atom. The molecule has 0 aliphatic rings. The summed E-state index contributed by atoms with van der Waals surface area (Å²) < 4.78 is 0. The van der Waals surface area contributed by atoms with Crippen molar-refractivity contribution in [3.05, 3.63) is 99.3 Å². The standard InChI is InChI=1S/C23H13ClN4O2/c24-16-4-6-19-18(10-16)21(15-9-14(11-25)12-26-13-15)22(23(30)28-19)20(29)7-5-17-3-1-2-8-27-17/h1-10,12-13H,(H,28,30)/b7-5+. The number of allylic oxidation sites excluding steroid dienone is 1. The van der Waals surface area contributed by atoms with Crippen molar-refractivity contribution in [1.82, 2.24) is 15.0 Å². The molecule has 0 saturated heterocycles. The molecular weight excluding hydrogens is 400 g/mol. The summed E-state index contributed by atoms with van der Waals surface area (Å²) in [4.78, 5) is 36.9. The van der Waals surface area contributed by atoms with Crippen LogP contribution in [0.5, 0.6) is 0 Å². The van der Waals surface area contributed by atoms with Crippen LogP contribution in [0.3, 0.4) is 0 Å². The fourth-order valence-electron chi connectivity index (χ4n) is 3.16. The van der Waals surface area contributed by atoms with Gasteiger partial charge in [0.2, 0.25) is 0 Å². The predicted molar refractivity (Wildman–Crippen MR) is 115 cm³/mol. The monoisotopic (exact) mass is 412 g/mol. The van der Waals surface area contributed by atoms with Crippen LogP contribution in [-0.2, 0) is 0 Å². The first-order valence-electron chi connectivity index (χ1n) is 8.91. The summed E-state index contributed by atoms with van der Waals surface area (Å²) >= 11 is 6.18. The summed E-state index contributed by atoms with van der Waals surface area (Å²) in [5.41, 5.74) is 1.66. The van der Waals surface area contributed by atoms with Crippen LogP contribution in [0, 0.1) is 11.3 Å². The van der Waals surface area contributed by atoms with Gasteiger partial charge in [-0.1, -0.05) is 17.7 Å². The van der Waals surface area contributed by atoms with Crippen LogP contribution in [0.4, 0.5) is 0 Å². The van der Waals surface area contributed by atoms with E-state index < -0.39 is 11.3 Å². The van der Waals surface area contributed by atoms with Gasteiger partial charge >= 0.3 is 0 Å². The van der Waals surface area contributed by atoms with E-state index in [4.69, 9.17) is 11.6 Å². The molecule has 7 heteroatoms. The van der Waals surface area contributed by atoms with Gasteiger partial charge in [0.1, 0.15) is 6.07 Å². The molecular formula is C23H13ClN4O2. The van der Waals surface area contributed by atoms with E-state index in [1.54, 1.807) is 48.7 Å². The quantitative estimate of drug-likeness (QED) is 0.395. The van der Waals surface area contributed by atoms with E-state index in [2.05, 4.69) is 15.0 Å². The molecule has 0 unspecified atom stereocenters. The van der Waals surface area contributed by atoms with E-state index in [1.807, 2.05) is 6.07 Å². The molecule has 0 aliphatic heterocycles. The molecule has 0 aliphatic carbocycles. The van der Waals surface area contributed by atoms with Crippen molar-refractivity contribution >= 4 is 34.4 Å². The molecule has 0 atom stereocenters. The number of halogens is 1. The first-order valence-corrected chi connectivity index (χ1v) is 9.29. The van der Waals surface area contributed by atoms with Gasteiger partial charge in [-0.3, -0.25) is 19.6 Å². The number of nitriles is 1. The molecule has 6 nitrogen and oxygen atoms in total. The molecule has 0 saturated carbocycles. The Morgan fingerprint density at radius 1 is 1.17 bits per heavy atom. The van der Waals surface area contributed by atoms with Gasteiger partial charge < -0.3 is 4.98 Å². The van der Waals surface area contributed by atoms with Crippen LogP contribution in [0.25, 0.3) is 28.1 Å². The molecule has 4 aromatic rings. The molecule has 1 aromatic carbocycles. The Hall–Kier alpha value is -4.08. The van der Waals surface area contributed by atoms with Crippen LogP contribution >= 0.6 is 11.6 Å². The van der Waals surface area contributed by atoms with Crippen molar-refractivity contribution in [3.63, 3.8) is 0 Å². The van der Waals surface area contributed by atoms with E-state index in [-0.39, 0.29) is 5.56 Å². The maximum atomic E-state index is 13.1. The van der Waals surface area contributed by atoms with Gasteiger partial charge in [0.05, 0.1) is 16.8 Å². The third-order valence-corrected chi connectivity index (χ3v) is 4.71. The van der Waals surface area contributed by atoms with E-state index >= 15 is 0 Å². The predicted octanol–water partition coefficient (Wildman–Crippen LogP) is 4.41. The second-order valence-corrected chi connectivity index (χ2v) is 6.86. The van der Waals surface area contributed by atoms with Crippen molar-refractivity contribution < 1.29 is 4.79 Å². The maximum Gasteiger partial charge on any atom is 0.260 e. The van der Waals surface area contributed by atoms with E-state index in [1.165, 1.54) is 24.5 Å². The molecule has 0 amide bonds. The van der Waals surface area contributed by atoms with Crippen LogP contribution in [0.2, 0.25) is 5.02 Å². The minimum atomic E-state index is -0.544. The number of rotatable bonds is 4. The number of nitrogens with zero attached hydrogens (tertiary/aromatic N) is 3. The molecule has 0 bridgehead atoms. The fourth-order valence-corrected chi connectivity index (χ4v) is 3.33. The lowest BCUT2D eigenvalue weighted by Crippen LogP contribution is -2.18. The summed E-state index contributed by atoms with van der Waals surface area (Å²) in [5.74, 6) is -0.499. The number of aromatic amines is 1. The smallest absolute Gasteiger partial charge is 0.260 e. The Balaban J connectivity index is 1.98. The lowest BCUT2D eigenvalue weighted by molar-refractivity contribution is 0.104. The minimum Gasteiger partial charge on any atom is -0.321 e. The average Bonchev–Trinajstić information content (AvgIpc) is 2.77. The lowest BCUT2D eigenvalue weighted by Gasteiger charge is -2.11. The SMILES string of the molecule is N#Cc1cncc(-c2c(C(=O)/C=C/c3ccccn3)c(=O)[nH]c3ccc(Cl)cc23)c1. The third kappa shape index (κ3) is 3.75. The van der Waals surface area contributed by atoms with Crippen molar-refractivity contribution in [2.24, 2.45) is 0 Å². The Kier molecular flexibility index (Phi) is 5.21. The Morgan fingerprint density at radius 2 is 2.03 bits per heavy atom. The minimum absolute atomic E-state index is 0.0613.